The highest BCUT2D eigenvalue weighted by Crippen LogP contribution is 2.34. The molecule has 2 aromatic rings. The fraction of sp³-hybridized carbons (Fsp3) is 0.200. The van der Waals surface area contributed by atoms with Gasteiger partial charge in [-0.2, -0.15) is 0 Å². The number of benzene rings is 1. The molecule has 0 saturated heterocycles. The van der Waals surface area contributed by atoms with Crippen LogP contribution in [0.3, 0.4) is 0 Å². The van der Waals surface area contributed by atoms with Crippen LogP contribution in [0.5, 0.6) is 0 Å². The second kappa shape index (κ2) is 3.71. The number of hydrogen-bond acceptors (Lipinski definition) is 1. The van der Waals surface area contributed by atoms with E-state index in [1.165, 1.54) is 25.7 Å². The summed E-state index contributed by atoms with van der Waals surface area (Å²) in [6.45, 7) is 2.15. The molecule has 3 heteroatoms. The predicted molar refractivity (Wildman–Crippen MR) is 66.9 cm³/mol. The summed E-state index contributed by atoms with van der Waals surface area (Å²) in [6.07, 6.45) is 0. The smallest absolute Gasteiger partial charge is 0.0487 e. The van der Waals surface area contributed by atoms with Crippen molar-refractivity contribution in [3.8, 4) is 0 Å². The van der Waals surface area contributed by atoms with Crippen LogP contribution in [0.1, 0.15) is 11.1 Å². The molecule has 0 amide bonds. The van der Waals surface area contributed by atoms with E-state index < -0.39 is 0 Å². The third kappa shape index (κ3) is 1.58. The van der Waals surface area contributed by atoms with Gasteiger partial charge in [0.25, 0.3) is 0 Å². The summed E-state index contributed by atoms with van der Waals surface area (Å²) >= 11 is 8.93. The topological polar surface area (TPSA) is 0 Å². The van der Waals surface area contributed by atoms with Crippen molar-refractivity contribution in [2.45, 2.75) is 12.3 Å². The molecule has 13 heavy (non-hydrogen) atoms. The summed E-state index contributed by atoms with van der Waals surface area (Å²) in [5.41, 5.74) is 2.70. The van der Waals surface area contributed by atoms with E-state index in [-0.39, 0.29) is 0 Å². The summed E-state index contributed by atoms with van der Waals surface area (Å²) in [5.74, 6) is 0. The predicted octanol–water partition coefficient (Wildman–Crippen LogP) is 4.87. The Balaban J connectivity index is 2.83. The van der Waals surface area contributed by atoms with Gasteiger partial charge in [0.2, 0.25) is 0 Å². The molecule has 1 heterocycles. The van der Waals surface area contributed by atoms with Crippen LogP contribution in [0.4, 0.5) is 0 Å². The largest absolute Gasteiger partial charge is 0.143 e. The summed E-state index contributed by atoms with van der Waals surface area (Å²) in [7, 11) is 0. The Labute approximate surface area is 98.2 Å². The monoisotopic (exact) mass is 318 g/mol. The van der Waals surface area contributed by atoms with Crippen LogP contribution in [0.25, 0.3) is 10.1 Å². The number of alkyl halides is 1. The van der Waals surface area contributed by atoms with Crippen molar-refractivity contribution in [1.82, 2.24) is 0 Å². The molecule has 1 aromatic carbocycles. The number of rotatable bonds is 1. The van der Waals surface area contributed by atoms with Gasteiger partial charge in [-0.15, -0.1) is 11.3 Å². The van der Waals surface area contributed by atoms with E-state index >= 15 is 0 Å². The Morgan fingerprint density at radius 3 is 2.92 bits per heavy atom. The van der Waals surface area contributed by atoms with Crippen LogP contribution < -0.4 is 0 Å². The van der Waals surface area contributed by atoms with Crippen molar-refractivity contribution in [1.29, 1.82) is 0 Å². The van der Waals surface area contributed by atoms with Crippen molar-refractivity contribution in [3.63, 3.8) is 0 Å². The van der Waals surface area contributed by atoms with E-state index in [4.69, 9.17) is 0 Å². The highest BCUT2D eigenvalue weighted by atomic mass is 79.9. The standard InChI is InChI=1S/C10H8Br2S/c1-6-8(5-11)4-7-2-3-13-10(7)9(6)12/h2-4H,5H2,1H3. The Morgan fingerprint density at radius 2 is 2.23 bits per heavy atom. The lowest BCUT2D eigenvalue weighted by atomic mass is 10.1. The SMILES string of the molecule is Cc1c(CBr)cc2ccsc2c1Br. The highest BCUT2D eigenvalue weighted by Gasteiger charge is 2.07. The molecule has 0 radical (unpaired) electrons. The maximum atomic E-state index is 3.64. The number of halogens is 2. The third-order valence-corrected chi connectivity index (χ3v) is 4.99. The second-order valence-electron chi connectivity index (χ2n) is 2.95. The Kier molecular flexibility index (Phi) is 2.77. The Bertz CT molecular complexity index is 445. The molecule has 0 fully saturated rings. The lowest BCUT2D eigenvalue weighted by Crippen LogP contribution is -1.85. The zero-order valence-electron chi connectivity index (χ0n) is 7.10. The van der Waals surface area contributed by atoms with E-state index in [9.17, 15) is 0 Å². The van der Waals surface area contributed by atoms with Gasteiger partial charge in [-0.05, 0) is 56.9 Å². The van der Waals surface area contributed by atoms with Gasteiger partial charge in [-0.3, -0.25) is 0 Å². The van der Waals surface area contributed by atoms with Gasteiger partial charge in [-0.1, -0.05) is 15.9 Å². The molecule has 0 saturated carbocycles. The minimum absolute atomic E-state index is 0.920. The quantitative estimate of drug-likeness (QED) is 0.658. The van der Waals surface area contributed by atoms with Crippen molar-refractivity contribution < 1.29 is 0 Å². The summed E-state index contributed by atoms with van der Waals surface area (Å²) < 4.78 is 2.59. The number of fused-ring (bicyclic) bond motifs is 1. The van der Waals surface area contributed by atoms with Crippen molar-refractivity contribution >= 4 is 53.3 Å². The minimum atomic E-state index is 0.920. The van der Waals surface area contributed by atoms with Crippen LogP contribution >= 0.6 is 43.2 Å². The Hall–Kier alpha value is 0.140. The van der Waals surface area contributed by atoms with Crippen LogP contribution in [0.15, 0.2) is 22.0 Å². The highest BCUT2D eigenvalue weighted by molar-refractivity contribution is 9.10. The molecule has 0 bridgehead atoms. The van der Waals surface area contributed by atoms with E-state index in [1.807, 2.05) is 0 Å². The first-order chi connectivity index (χ1) is 6.24. The summed E-state index contributed by atoms with van der Waals surface area (Å²) in [6, 6.07) is 4.41. The molecule has 0 unspecified atom stereocenters. The fourth-order valence-corrected chi connectivity index (χ4v) is 3.57. The van der Waals surface area contributed by atoms with Gasteiger partial charge in [0, 0.05) is 14.5 Å². The first kappa shape index (κ1) is 9.69. The first-order valence-corrected chi connectivity index (χ1v) is 6.74. The van der Waals surface area contributed by atoms with Gasteiger partial charge in [0.05, 0.1) is 0 Å². The van der Waals surface area contributed by atoms with Gasteiger partial charge in [0.15, 0.2) is 0 Å². The molecule has 0 nitrogen and oxygen atoms in total. The van der Waals surface area contributed by atoms with E-state index in [2.05, 4.69) is 56.3 Å². The molecule has 0 aliphatic carbocycles. The van der Waals surface area contributed by atoms with E-state index in [0.717, 1.165) is 5.33 Å². The van der Waals surface area contributed by atoms with Gasteiger partial charge >= 0.3 is 0 Å². The third-order valence-electron chi connectivity index (χ3n) is 2.18. The molecule has 0 aliphatic heterocycles. The molecule has 0 spiro atoms. The maximum absolute atomic E-state index is 3.64. The number of thiophene rings is 1. The zero-order chi connectivity index (χ0) is 9.42. The number of hydrogen-bond donors (Lipinski definition) is 0. The van der Waals surface area contributed by atoms with Crippen LogP contribution in [0.2, 0.25) is 0 Å². The molecule has 0 aliphatic rings. The van der Waals surface area contributed by atoms with Crippen molar-refractivity contribution in [2.24, 2.45) is 0 Å². The molecular formula is C10H8Br2S. The lowest BCUT2D eigenvalue weighted by Gasteiger charge is -2.05. The minimum Gasteiger partial charge on any atom is -0.143 e. The maximum Gasteiger partial charge on any atom is 0.0487 e. The molecule has 68 valence electrons. The van der Waals surface area contributed by atoms with Gasteiger partial charge in [-0.25, -0.2) is 0 Å². The molecule has 0 atom stereocenters. The van der Waals surface area contributed by atoms with Gasteiger partial charge < -0.3 is 0 Å². The summed E-state index contributed by atoms with van der Waals surface area (Å²) in [5, 5.41) is 4.38. The van der Waals surface area contributed by atoms with E-state index in [0.29, 0.717) is 0 Å². The average molecular weight is 320 g/mol. The summed E-state index contributed by atoms with van der Waals surface area (Å²) in [4.78, 5) is 0. The first-order valence-electron chi connectivity index (χ1n) is 3.95. The van der Waals surface area contributed by atoms with Crippen molar-refractivity contribution in [3.05, 3.63) is 33.1 Å². The van der Waals surface area contributed by atoms with Crippen LogP contribution in [0, 0.1) is 6.92 Å². The molecular weight excluding hydrogens is 312 g/mol. The van der Waals surface area contributed by atoms with Crippen LogP contribution in [-0.2, 0) is 5.33 Å². The lowest BCUT2D eigenvalue weighted by molar-refractivity contribution is 1.33. The zero-order valence-corrected chi connectivity index (χ0v) is 11.1. The fourth-order valence-electron chi connectivity index (χ4n) is 1.36. The van der Waals surface area contributed by atoms with E-state index in [1.54, 1.807) is 11.3 Å². The molecule has 2 rings (SSSR count). The second-order valence-corrected chi connectivity index (χ2v) is 5.22. The Morgan fingerprint density at radius 1 is 1.46 bits per heavy atom. The molecule has 1 aromatic heterocycles. The van der Waals surface area contributed by atoms with Crippen molar-refractivity contribution in [2.75, 3.05) is 0 Å². The van der Waals surface area contributed by atoms with Gasteiger partial charge in [0.1, 0.15) is 0 Å². The molecule has 0 N–H and O–H groups in total. The average Bonchev–Trinajstić information content (AvgIpc) is 2.59. The normalized spacial score (nSPS) is 11.0. The van der Waals surface area contributed by atoms with Crippen LogP contribution in [-0.4, -0.2) is 0 Å².